The number of anilines is 1. The number of likely N-dealkylation sites (N-methyl/N-ethyl adjacent to an activating group) is 1. The molecule has 0 aliphatic carbocycles. The molecule has 29 heavy (non-hydrogen) atoms. The lowest BCUT2D eigenvalue weighted by Gasteiger charge is -2.32. The largest absolute Gasteiger partial charge is 0.357 e. The number of rotatable bonds is 6. The van der Waals surface area contributed by atoms with Crippen molar-refractivity contribution >= 4 is 23.8 Å². The third-order valence-corrected chi connectivity index (χ3v) is 4.57. The minimum atomic E-state index is -0.271. The van der Waals surface area contributed by atoms with E-state index in [-0.39, 0.29) is 18.4 Å². The average Bonchev–Trinajstić information content (AvgIpc) is 2.74. The van der Waals surface area contributed by atoms with E-state index in [1.807, 2.05) is 12.1 Å². The first-order valence-corrected chi connectivity index (χ1v) is 9.32. The maximum Gasteiger partial charge on any atom is 0.270 e. The zero-order valence-electron chi connectivity index (χ0n) is 16.5. The average molecular weight is 393 g/mol. The van der Waals surface area contributed by atoms with E-state index in [1.54, 1.807) is 49.6 Å². The maximum atomic E-state index is 12.6. The van der Waals surface area contributed by atoms with Crippen molar-refractivity contribution in [2.24, 2.45) is 0 Å². The summed E-state index contributed by atoms with van der Waals surface area (Å²) >= 11 is 0. The molecule has 0 bridgehead atoms. The monoisotopic (exact) mass is 393 g/mol. The molecular formula is C21H23N5O3. The van der Waals surface area contributed by atoms with E-state index < -0.39 is 0 Å². The van der Waals surface area contributed by atoms with Gasteiger partial charge in [0, 0.05) is 49.9 Å². The molecule has 1 aliphatic heterocycles. The van der Waals surface area contributed by atoms with Crippen LogP contribution in [0.4, 0.5) is 5.69 Å². The van der Waals surface area contributed by atoms with E-state index >= 15 is 0 Å². The minimum Gasteiger partial charge on any atom is -0.357 e. The van der Waals surface area contributed by atoms with Crippen molar-refractivity contribution in [1.29, 1.82) is 0 Å². The maximum absolute atomic E-state index is 12.6. The smallest absolute Gasteiger partial charge is 0.270 e. The summed E-state index contributed by atoms with van der Waals surface area (Å²) in [5.41, 5.74) is 2.22. The molecule has 1 aromatic carbocycles. The summed E-state index contributed by atoms with van der Waals surface area (Å²) < 4.78 is 0. The van der Waals surface area contributed by atoms with Gasteiger partial charge in [-0.05, 0) is 43.2 Å². The van der Waals surface area contributed by atoms with E-state index in [4.69, 9.17) is 0 Å². The topological polar surface area (TPSA) is 95.5 Å². The van der Waals surface area contributed by atoms with Crippen LogP contribution in [0.1, 0.15) is 12.8 Å². The van der Waals surface area contributed by atoms with Crippen molar-refractivity contribution in [3.63, 3.8) is 0 Å². The lowest BCUT2D eigenvalue weighted by Crippen LogP contribution is -2.42. The molecule has 0 atom stereocenters. The molecule has 0 radical (unpaired) electrons. The Morgan fingerprint density at radius 2 is 1.86 bits per heavy atom. The van der Waals surface area contributed by atoms with E-state index in [2.05, 4.69) is 15.3 Å². The van der Waals surface area contributed by atoms with Crippen molar-refractivity contribution < 1.29 is 14.4 Å². The highest BCUT2D eigenvalue weighted by atomic mass is 16.2. The SMILES string of the molecule is CN(C)C(=O)C1=C(C=O)CCCN1CC(=O)Nc1ccc(-c2ncccn2)cc1. The van der Waals surface area contributed by atoms with E-state index in [1.165, 1.54) is 4.90 Å². The molecule has 0 saturated carbocycles. The van der Waals surface area contributed by atoms with Crippen LogP contribution in [-0.2, 0) is 14.4 Å². The summed E-state index contributed by atoms with van der Waals surface area (Å²) in [5.74, 6) is 0.0776. The molecule has 1 aliphatic rings. The highest BCUT2D eigenvalue weighted by molar-refractivity contribution is 6.00. The Kier molecular flexibility index (Phi) is 6.33. The zero-order valence-corrected chi connectivity index (χ0v) is 16.5. The Balaban J connectivity index is 1.69. The van der Waals surface area contributed by atoms with Crippen molar-refractivity contribution in [2.75, 3.05) is 32.5 Å². The summed E-state index contributed by atoms with van der Waals surface area (Å²) in [7, 11) is 3.26. The summed E-state index contributed by atoms with van der Waals surface area (Å²) in [6, 6.07) is 8.96. The van der Waals surface area contributed by atoms with Crippen LogP contribution >= 0.6 is 0 Å². The number of aldehydes is 1. The van der Waals surface area contributed by atoms with Crippen LogP contribution in [0.15, 0.2) is 54.0 Å². The highest BCUT2D eigenvalue weighted by Gasteiger charge is 2.28. The first-order chi connectivity index (χ1) is 14.0. The molecule has 0 fully saturated rings. The van der Waals surface area contributed by atoms with Gasteiger partial charge in [0.05, 0.1) is 6.54 Å². The lowest BCUT2D eigenvalue weighted by molar-refractivity contribution is -0.127. The Morgan fingerprint density at radius 1 is 1.17 bits per heavy atom. The molecule has 0 spiro atoms. The standard InChI is InChI=1S/C21H23N5O3/c1-25(2)21(29)19-16(14-27)5-3-12-26(19)13-18(28)24-17-8-6-15(7-9-17)20-22-10-4-11-23-20/h4,6-11,14H,3,5,12-13H2,1-2H3,(H,24,28). The van der Waals surface area contributed by atoms with Crippen LogP contribution in [-0.4, -0.2) is 65.1 Å². The molecule has 0 unspecified atom stereocenters. The third kappa shape index (κ3) is 4.84. The number of amides is 2. The third-order valence-electron chi connectivity index (χ3n) is 4.57. The van der Waals surface area contributed by atoms with Crippen molar-refractivity contribution in [1.82, 2.24) is 19.8 Å². The van der Waals surface area contributed by atoms with E-state index in [0.717, 1.165) is 12.0 Å². The number of carbonyl (C=O) groups excluding carboxylic acids is 3. The minimum absolute atomic E-state index is 0.00417. The predicted molar refractivity (Wildman–Crippen MR) is 109 cm³/mol. The molecule has 8 heteroatoms. The lowest BCUT2D eigenvalue weighted by atomic mass is 10.0. The van der Waals surface area contributed by atoms with Gasteiger partial charge in [-0.3, -0.25) is 14.4 Å². The van der Waals surface area contributed by atoms with Crippen LogP contribution in [0.25, 0.3) is 11.4 Å². The van der Waals surface area contributed by atoms with Crippen molar-refractivity contribution in [2.45, 2.75) is 12.8 Å². The predicted octanol–water partition coefficient (Wildman–Crippen LogP) is 1.72. The summed E-state index contributed by atoms with van der Waals surface area (Å²) in [5, 5.41) is 2.83. The molecule has 0 saturated heterocycles. The summed E-state index contributed by atoms with van der Waals surface area (Å²) in [6.07, 6.45) is 5.32. The van der Waals surface area contributed by atoms with Gasteiger partial charge in [0.15, 0.2) is 5.82 Å². The van der Waals surface area contributed by atoms with Gasteiger partial charge in [0.25, 0.3) is 5.91 Å². The second-order valence-corrected chi connectivity index (χ2v) is 6.91. The Labute approximate surface area is 169 Å². The van der Waals surface area contributed by atoms with Gasteiger partial charge < -0.3 is 15.1 Å². The van der Waals surface area contributed by atoms with Crippen LogP contribution < -0.4 is 5.32 Å². The second-order valence-electron chi connectivity index (χ2n) is 6.91. The molecule has 8 nitrogen and oxygen atoms in total. The van der Waals surface area contributed by atoms with Gasteiger partial charge in [0.1, 0.15) is 12.0 Å². The van der Waals surface area contributed by atoms with E-state index in [0.29, 0.717) is 42.0 Å². The number of allylic oxidation sites excluding steroid dienone is 1. The molecule has 1 N–H and O–H groups in total. The van der Waals surface area contributed by atoms with E-state index in [9.17, 15) is 14.4 Å². The highest BCUT2D eigenvalue weighted by Crippen LogP contribution is 2.23. The Morgan fingerprint density at radius 3 is 2.48 bits per heavy atom. The van der Waals surface area contributed by atoms with Crippen LogP contribution in [0.3, 0.4) is 0 Å². The summed E-state index contributed by atoms with van der Waals surface area (Å²) in [6.45, 7) is 0.541. The number of aromatic nitrogens is 2. The van der Waals surface area contributed by atoms with Crippen LogP contribution in [0.5, 0.6) is 0 Å². The number of benzene rings is 1. The number of carbonyl (C=O) groups is 3. The normalized spacial score (nSPS) is 13.8. The molecule has 3 rings (SSSR count). The summed E-state index contributed by atoms with van der Waals surface area (Å²) in [4.78, 5) is 48.0. The number of nitrogens with zero attached hydrogens (tertiary/aromatic N) is 4. The fraction of sp³-hybridized carbons (Fsp3) is 0.286. The number of hydrogen-bond acceptors (Lipinski definition) is 6. The van der Waals surface area contributed by atoms with Gasteiger partial charge in [-0.15, -0.1) is 0 Å². The van der Waals surface area contributed by atoms with Gasteiger partial charge in [-0.2, -0.15) is 0 Å². The van der Waals surface area contributed by atoms with Crippen molar-refractivity contribution in [3.05, 3.63) is 54.0 Å². The van der Waals surface area contributed by atoms with Gasteiger partial charge in [-0.25, -0.2) is 9.97 Å². The molecular weight excluding hydrogens is 370 g/mol. The van der Waals surface area contributed by atoms with Crippen molar-refractivity contribution in [3.8, 4) is 11.4 Å². The first-order valence-electron chi connectivity index (χ1n) is 9.32. The fourth-order valence-corrected chi connectivity index (χ4v) is 3.18. The number of hydrogen-bond donors (Lipinski definition) is 1. The number of nitrogens with one attached hydrogen (secondary N) is 1. The fourth-order valence-electron chi connectivity index (χ4n) is 3.18. The quantitative estimate of drug-likeness (QED) is 0.751. The Hall–Kier alpha value is -3.55. The zero-order chi connectivity index (χ0) is 20.8. The molecule has 150 valence electrons. The van der Waals surface area contributed by atoms with Gasteiger partial charge >= 0.3 is 0 Å². The van der Waals surface area contributed by atoms with Gasteiger partial charge in [-0.1, -0.05) is 0 Å². The molecule has 2 heterocycles. The van der Waals surface area contributed by atoms with Crippen LogP contribution in [0.2, 0.25) is 0 Å². The van der Waals surface area contributed by atoms with Crippen LogP contribution in [0, 0.1) is 0 Å². The molecule has 2 aromatic rings. The second kappa shape index (κ2) is 9.09. The molecule has 2 amide bonds. The molecule has 1 aromatic heterocycles. The first kappa shape index (κ1) is 20.2. The van der Waals surface area contributed by atoms with Gasteiger partial charge in [0.2, 0.25) is 5.91 Å². The Bertz CT molecular complexity index is 923.